The Balaban J connectivity index is 0.000000167. The van der Waals surface area contributed by atoms with Crippen LogP contribution in [0.3, 0.4) is 0 Å². The largest absolute Gasteiger partial charge is 0.345 e. The van der Waals surface area contributed by atoms with Gasteiger partial charge < -0.3 is 4.98 Å². The number of benzene rings is 2. The monoisotopic (exact) mass is 411 g/mol. The fourth-order valence-electron chi connectivity index (χ4n) is 2.23. The molecule has 0 unspecified atom stereocenters. The first kappa shape index (κ1) is 18.7. The van der Waals surface area contributed by atoms with Crippen LogP contribution in [-0.2, 0) is 10.2 Å². The first-order valence-electron chi connectivity index (χ1n) is 7.43. The molecule has 0 saturated carbocycles. The first-order valence-corrected chi connectivity index (χ1v) is 9.58. The van der Waals surface area contributed by atoms with E-state index in [2.05, 4.69) is 15.0 Å². The second kappa shape index (κ2) is 7.24. The van der Waals surface area contributed by atoms with Crippen molar-refractivity contribution in [1.29, 1.82) is 0 Å². The molecule has 4 aromatic rings. The highest BCUT2D eigenvalue weighted by atomic mass is 35.5. The number of H-pyrrole nitrogens is 1. The summed E-state index contributed by atoms with van der Waals surface area (Å²) in [7, 11) is -0.620. The summed E-state index contributed by atoms with van der Waals surface area (Å²) in [5, 5.41) is 1.21. The van der Waals surface area contributed by atoms with Gasteiger partial charge in [-0.3, -0.25) is 0 Å². The van der Waals surface area contributed by atoms with Crippen LogP contribution in [0.15, 0.2) is 49.1 Å². The van der Waals surface area contributed by atoms with Crippen molar-refractivity contribution < 1.29 is 8.42 Å². The summed E-state index contributed by atoms with van der Waals surface area (Å²) in [6.07, 6.45) is 2.93. The number of aromatic nitrogens is 4. The molecule has 136 valence electrons. The summed E-state index contributed by atoms with van der Waals surface area (Å²) in [6, 6.07) is 10.5. The lowest BCUT2D eigenvalue weighted by Crippen LogP contribution is -2.28. The summed E-state index contributed by atoms with van der Waals surface area (Å²) in [5.74, 6) is 0. The van der Waals surface area contributed by atoms with Crippen molar-refractivity contribution in [2.45, 2.75) is 0 Å². The standard InChI is InChI=1S/C9H10ClN3O2S.C7H5ClN2/c1-12(2)16(14,15)13-6-11-8-4-3-7(10)5-9(8)13;8-5-1-2-6-7(3-5)10-4-9-6/h3-6H,1-2H3;1-4H,(H,9,10). The summed E-state index contributed by atoms with van der Waals surface area (Å²) in [4.78, 5) is 11.0. The number of hydrogen-bond donors (Lipinski definition) is 1. The quantitative estimate of drug-likeness (QED) is 0.546. The van der Waals surface area contributed by atoms with Gasteiger partial charge >= 0.3 is 10.2 Å². The molecule has 0 bridgehead atoms. The number of aromatic amines is 1. The minimum atomic E-state index is -3.55. The van der Waals surface area contributed by atoms with E-state index in [1.54, 1.807) is 24.5 Å². The topological polar surface area (TPSA) is 83.9 Å². The van der Waals surface area contributed by atoms with Crippen molar-refractivity contribution in [3.63, 3.8) is 0 Å². The van der Waals surface area contributed by atoms with E-state index in [1.807, 2.05) is 18.2 Å². The van der Waals surface area contributed by atoms with Crippen LogP contribution in [0.4, 0.5) is 0 Å². The van der Waals surface area contributed by atoms with Gasteiger partial charge in [-0.2, -0.15) is 12.7 Å². The molecule has 2 aromatic carbocycles. The average molecular weight is 412 g/mol. The Morgan fingerprint density at radius 1 is 1.00 bits per heavy atom. The maximum Gasteiger partial charge on any atom is 0.308 e. The fourth-order valence-corrected chi connectivity index (χ4v) is 3.48. The fraction of sp³-hybridized carbons (Fsp3) is 0.125. The number of nitrogens with zero attached hydrogens (tertiary/aromatic N) is 4. The molecule has 4 rings (SSSR count). The smallest absolute Gasteiger partial charge is 0.308 e. The SMILES string of the molecule is CN(C)S(=O)(=O)n1cnc2ccc(Cl)cc21.Clc1ccc2nc[nH]c2c1. The number of nitrogens with one attached hydrogen (secondary N) is 1. The number of hydrogen-bond acceptors (Lipinski definition) is 4. The zero-order valence-corrected chi connectivity index (χ0v) is 16.2. The zero-order valence-electron chi connectivity index (χ0n) is 13.9. The molecule has 2 aromatic heterocycles. The summed E-state index contributed by atoms with van der Waals surface area (Å²) < 4.78 is 26.1. The minimum Gasteiger partial charge on any atom is -0.345 e. The number of imidazole rings is 2. The van der Waals surface area contributed by atoms with Crippen molar-refractivity contribution >= 4 is 55.5 Å². The van der Waals surface area contributed by atoms with E-state index in [-0.39, 0.29) is 0 Å². The molecule has 0 atom stereocenters. The molecule has 7 nitrogen and oxygen atoms in total. The summed E-state index contributed by atoms with van der Waals surface area (Å²) in [5.41, 5.74) is 2.99. The van der Waals surface area contributed by atoms with Gasteiger partial charge in [-0.15, -0.1) is 0 Å². The van der Waals surface area contributed by atoms with Gasteiger partial charge in [-0.05, 0) is 36.4 Å². The molecule has 0 saturated heterocycles. The highest BCUT2D eigenvalue weighted by Crippen LogP contribution is 2.20. The second-order valence-corrected chi connectivity index (χ2v) is 8.42. The molecule has 26 heavy (non-hydrogen) atoms. The summed E-state index contributed by atoms with van der Waals surface area (Å²) in [6.45, 7) is 0. The molecule has 0 aliphatic heterocycles. The Kier molecular flexibility index (Phi) is 5.19. The Morgan fingerprint density at radius 2 is 1.65 bits per heavy atom. The number of fused-ring (bicyclic) bond motifs is 2. The highest BCUT2D eigenvalue weighted by molar-refractivity contribution is 7.87. The third-order valence-corrected chi connectivity index (χ3v) is 5.75. The Hall–Kier alpha value is -2.13. The molecular weight excluding hydrogens is 397 g/mol. The van der Waals surface area contributed by atoms with Gasteiger partial charge in [-0.25, -0.2) is 13.9 Å². The molecule has 10 heteroatoms. The molecule has 0 fully saturated rings. The number of rotatable bonds is 2. The van der Waals surface area contributed by atoms with E-state index >= 15 is 0 Å². The van der Waals surface area contributed by atoms with Crippen LogP contribution < -0.4 is 0 Å². The Morgan fingerprint density at radius 3 is 2.35 bits per heavy atom. The van der Waals surface area contributed by atoms with Crippen molar-refractivity contribution in [2.24, 2.45) is 0 Å². The van der Waals surface area contributed by atoms with Gasteiger partial charge in [0.15, 0.2) is 0 Å². The molecule has 0 aliphatic carbocycles. The first-order chi connectivity index (χ1) is 12.3. The predicted octanol–water partition coefficient (Wildman–Crippen LogP) is 3.56. The van der Waals surface area contributed by atoms with Gasteiger partial charge in [0.05, 0.1) is 28.4 Å². The van der Waals surface area contributed by atoms with Crippen molar-refractivity contribution in [2.75, 3.05) is 14.1 Å². The lowest BCUT2D eigenvalue weighted by atomic mass is 10.3. The van der Waals surface area contributed by atoms with E-state index in [0.29, 0.717) is 16.1 Å². The van der Waals surface area contributed by atoms with Crippen LogP contribution in [0.1, 0.15) is 0 Å². The average Bonchev–Trinajstić information content (AvgIpc) is 3.21. The van der Waals surface area contributed by atoms with Crippen LogP contribution >= 0.6 is 23.2 Å². The van der Waals surface area contributed by atoms with E-state index in [9.17, 15) is 8.42 Å². The Bertz CT molecular complexity index is 1170. The van der Waals surface area contributed by atoms with Crippen molar-refractivity contribution in [3.8, 4) is 0 Å². The van der Waals surface area contributed by atoms with Crippen LogP contribution in [0.5, 0.6) is 0 Å². The number of halogens is 2. The third-order valence-electron chi connectivity index (χ3n) is 3.57. The van der Waals surface area contributed by atoms with Crippen molar-refractivity contribution in [1.82, 2.24) is 23.2 Å². The lowest BCUT2D eigenvalue weighted by Gasteiger charge is -2.12. The van der Waals surface area contributed by atoms with Gasteiger partial charge in [0.25, 0.3) is 0 Å². The maximum absolute atomic E-state index is 11.9. The molecule has 0 radical (unpaired) electrons. The highest BCUT2D eigenvalue weighted by Gasteiger charge is 2.19. The maximum atomic E-state index is 11.9. The molecule has 0 amide bonds. The minimum absolute atomic E-state index is 0.473. The zero-order chi connectivity index (χ0) is 18.9. The van der Waals surface area contributed by atoms with E-state index in [0.717, 1.165) is 24.3 Å². The lowest BCUT2D eigenvalue weighted by molar-refractivity contribution is 0.512. The van der Waals surface area contributed by atoms with Gasteiger partial charge in [0.2, 0.25) is 0 Å². The van der Waals surface area contributed by atoms with Crippen molar-refractivity contribution in [3.05, 3.63) is 59.1 Å². The van der Waals surface area contributed by atoms with E-state index in [1.165, 1.54) is 20.4 Å². The second-order valence-electron chi connectivity index (χ2n) is 5.53. The normalized spacial score (nSPS) is 11.7. The molecule has 0 aliphatic rings. The molecule has 0 spiro atoms. The predicted molar refractivity (Wildman–Crippen MR) is 104 cm³/mol. The molecular formula is C16H15Cl2N5O2S. The van der Waals surface area contributed by atoms with E-state index in [4.69, 9.17) is 23.2 Å². The third kappa shape index (κ3) is 3.68. The molecule has 1 N–H and O–H groups in total. The van der Waals surface area contributed by atoms with Crippen LogP contribution in [0.25, 0.3) is 22.1 Å². The van der Waals surface area contributed by atoms with Crippen LogP contribution in [0.2, 0.25) is 10.0 Å². The van der Waals surface area contributed by atoms with Gasteiger partial charge in [-0.1, -0.05) is 23.2 Å². The summed E-state index contributed by atoms with van der Waals surface area (Å²) >= 11 is 11.6. The Labute approximate surface area is 160 Å². The van der Waals surface area contributed by atoms with Crippen LogP contribution in [-0.4, -0.2) is 45.7 Å². The molecule has 2 heterocycles. The van der Waals surface area contributed by atoms with Crippen LogP contribution in [0, 0.1) is 0 Å². The van der Waals surface area contributed by atoms with Gasteiger partial charge in [0, 0.05) is 24.1 Å². The van der Waals surface area contributed by atoms with Gasteiger partial charge in [0.1, 0.15) is 6.33 Å². The van der Waals surface area contributed by atoms with E-state index < -0.39 is 10.2 Å².